The lowest BCUT2D eigenvalue weighted by Crippen LogP contribution is -2.23. The van der Waals surface area contributed by atoms with Crippen LogP contribution in [-0.2, 0) is 6.42 Å². The first kappa shape index (κ1) is 11.9. The fourth-order valence-electron chi connectivity index (χ4n) is 1.35. The molecule has 0 bridgehead atoms. The number of hydrogen-bond acceptors (Lipinski definition) is 2. The lowest BCUT2D eigenvalue weighted by Gasteiger charge is -2.23. The summed E-state index contributed by atoms with van der Waals surface area (Å²) in [7, 11) is 1.67. The molecule has 0 aromatic heterocycles. The monoisotopic (exact) mass is 208 g/mol. The molecule has 0 amide bonds. The second-order valence-electron chi connectivity index (χ2n) is 4.55. The summed E-state index contributed by atoms with van der Waals surface area (Å²) in [6.45, 7) is 8.21. The normalized spacial score (nSPS) is 11.3. The van der Waals surface area contributed by atoms with Crippen LogP contribution >= 0.6 is 0 Å². The predicted octanol–water partition coefficient (Wildman–Crippen LogP) is 3.43. The van der Waals surface area contributed by atoms with Gasteiger partial charge < -0.3 is 9.47 Å². The topological polar surface area (TPSA) is 18.5 Å². The van der Waals surface area contributed by atoms with E-state index in [-0.39, 0.29) is 5.60 Å². The molecule has 0 aliphatic rings. The molecular weight excluding hydrogens is 188 g/mol. The number of rotatable bonds is 3. The summed E-state index contributed by atoms with van der Waals surface area (Å²) >= 11 is 0. The lowest BCUT2D eigenvalue weighted by atomic mass is 10.1. The summed E-state index contributed by atoms with van der Waals surface area (Å²) in [6.07, 6.45) is 1.01. The highest BCUT2D eigenvalue weighted by Crippen LogP contribution is 2.31. The van der Waals surface area contributed by atoms with E-state index in [1.807, 2.05) is 32.9 Å². The molecule has 0 fully saturated rings. The summed E-state index contributed by atoms with van der Waals surface area (Å²) in [5.74, 6) is 1.62. The fraction of sp³-hybridized carbons (Fsp3) is 0.538. The van der Waals surface area contributed by atoms with Crippen molar-refractivity contribution < 1.29 is 9.47 Å². The molecule has 15 heavy (non-hydrogen) atoms. The molecule has 0 saturated carbocycles. The van der Waals surface area contributed by atoms with Crippen LogP contribution in [0.5, 0.6) is 11.5 Å². The first-order valence-electron chi connectivity index (χ1n) is 5.32. The molecule has 1 aromatic rings. The number of aryl methyl sites for hydroxylation is 1. The Balaban J connectivity index is 2.97. The van der Waals surface area contributed by atoms with Gasteiger partial charge in [-0.05, 0) is 44.9 Å². The minimum absolute atomic E-state index is 0.193. The third kappa shape index (κ3) is 3.46. The zero-order chi connectivity index (χ0) is 11.5. The number of methoxy groups -OCH3 is 1. The van der Waals surface area contributed by atoms with Gasteiger partial charge in [-0.3, -0.25) is 0 Å². The van der Waals surface area contributed by atoms with Gasteiger partial charge in [-0.15, -0.1) is 0 Å². The van der Waals surface area contributed by atoms with Gasteiger partial charge in [0.25, 0.3) is 0 Å². The van der Waals surface area contributed by atoms with E-state index in [1.165, 1.54) is 5.56 Å². The van der Waals surface area contributed by atoms with Gasteiger partial charge >= 0.3 is 0 Å². The van der Waals surface area contributed by atoms with Gasteiger partial charge in [0.2, 0.25) is 0 Å². The van der Waals surface area contributed by atoms with E-state index in [4.69, 9.17) is 9.47 Å². The van der Waals surface area contributed by atoms with Crippen molar-refractivity contribution in [1.82, 2.24) is 0 Å². The highest BCUT2D eigenvalue weighted by atomic mass is 16.5. The van der Waals surface area contributed by atoms with E-state index in [0.29, 0.717) is 0 Å². The van der Waals surface area contributed by atoms with Crippen molar-refractivity contribution in [2.45, 2.75) is 39.7 Å². The Hall–Kier alpha value is -1.18. The zero-order valence-electron chi connectivity index (χ0n) is 10.3. The molecule has 2 nitrogen and oxygen atoms in total. The Labute approximate surface area is 92.2 Å². The van der Waals surface area contributed by atoms with Crippen LogP contribution in [0.2, 0.25) is 0 Å². The first-order valence-corrected chi connectivity index (χ1v) is 5.32. The van der Waals surface area contributed by atoms with Crippen molar-refractivity contribution >= 4 is 0 Å². The van der Waals surface area contributed by atoms with Gasteiger partial charge in [0.15, 0.2) is 11.5 Å². The molecule has 1 aromatic carbocycles. The summed E-state index contributed by atoms with van der Waals surface area (Å²) in [5.41, 5.74) is 1.06. The molecule has 0 aliphatic carbocycles. The average molecular weight is 208 g/mol. The molecule has 0 heterocycles. The minimum atomic E-state index is -0.193. The van der Waals surface area contributed by atoms with Gasteiger partial charge in [0, 0.05) is 0 Å². The second kappa shape index (κ2) is 4.56. The van der Waals surface area contributed by atoms with E-state index in [9.17, 15) is 0 Å². The maximum absolute atomic E-state index is 5.80. The highest BCUT2D eigenvalue weighted by molar-refractivity contribution is 5.43. The van der Waals surface area contributed by atoms with E-state index in [2.05, 4.69) is 13.0 Å². The third-order valence-electron chi connectivity index (χ3n) is 2.05. The zero-order valence-corrected chi connectivity index (χ0v) is 10.3. The van der Waals surface area contributed by atoms with E-state index in [0.717, 1.165) is 17.9 Å². The van der Waals surface area contributed by atoms with Gasteiger partial charge in [-0.2, -0.15) is 0 Å². The molecule has 0 unspecified atom stereocenters. The number of benzene rings is 1. The number of ether oxygens (including phenoxy) is 2. The third-order valence-corrected chi connectivity index (χ3v) is 2.05. The SMILES string of the molecule is CCc1ccc(OC(C)(C)C)c(OC)c1. The van der Waals surface area contributed by atoms with Crippen molar-refractivity contribution in [2.24, 2.45) is 0 Å². The predicted molar refractivity (Wildman–Crippen MR) is 62.8 cm³/mol. The molecule has 84 valence electrons. The standard InChI is InChI=1S/C13H20O2/c1-6-10-7-8-11(12(9-10)14-5)15-13(2,3)4/h7-9H,6H2,1-5H3. The number of hydrogen-bond donors (Lipinski definition) is 0. The lowest BCUT2D eigenvalue weighted by molar-refractivity contribution is 0.125. The van der Waals surface area contributed by atoms with Crippen LogP contribution in [-0.4, -0.2) is 12.7 Å². The molecule has 2 heteroatoms. The van der Waals surface area contributed by atoms with Gasteiger partial charge in [0.05, 0.1) is 7.11 Å². The summed E-state index contributed by atoms with van der Waals surface area (Å²) < 4.78 is 11.1. The Morgan fingerprint density at radius 1 is 1.13 bits per heavy atom. The summed E-state index contributed by atoms with van der Waals surface area (Å²) in [6, 6.07) is 6.08. The Morgan fingerprint density at radius 3 is 2.27 bits per heavy atom. The quantitative estimate of drug-likeness (QED) is 0.757. The maximum Gasteiger partial charge on any atom is 0.161 e. The maximum atomic E-state index is 5.80. The van der Waals surface area contributed by atoms with E-state index < -0.39 is 0 Å². The average Bonchev–Trinajstić information content (AvgIpc) is 2.16. The van der Waals surface area contributed by atoms with Crippen LogP contribution in [0, 0.1) is 0 Å². The van der Waals surface area contributed by atoms with Crippen LogP contribution in [0.1, 0.15) is 33.3 Å². The van der Waals surface area contributed by atoms with Gasteiger partial charge in [-0.25, -0.2) is 0 Å². The van der Waals surface area contributed by atoms with E-state index >= 15 is 0 Å². The molecule has 1 rings (SSSR count). The van der Waals surface area contributed by atoms with Crippen molar-refractivity contribution in [2.75, 3.05) is 7.11 Å². The second-order valence-corrected chi connectivity index (χ2v) is 4.55. The van der Waals surface area contributed by atoms with Crippen LogP contribution in [0.4, 0.5) is 0 Å². The van der Waals surface area contributed by atoms with Crippen LogP contribution in [0.15, 0.2) is 18.2 Å². The molecule has 0 N–H and O–H groups in total. The largest absolute Gasteiger partial charge is 0.493 e. The van der Waals surface area contributed by atoms with Crippen LogP contribution < -0.4 is 9.47 Å². The van der Waals surface area contributed by atoms with E-state index in [1.54, 1.807) is 7.11 Å². The van der Waals surface area contributed by atoms with Gasteiger partial charge in [-0.1, -0.05) is 13.0 Å². The Kier molecular flexibility index (Phi) is 3.61. The minimum Gasteiger partial charge on any atom is -0.493 e. The molecule has 0 atom stereocenters. The van der Waals surface area contributed by atoms with Crippen molar-refractivity contribution in [3.8, 4) is 11.5 Å². The summed E-state index contributed by atoms with van der Waals surface area (Å²) in [4.78, 5) is 0. The molecule has 0 radical (unpaired) electrons. The first-order chi connectivity index (χ1) is 6.96. The molecular formula is C13H20O2. The fourth-order valence-corrected chi connectivity index (χ4v) is 1.35. The van der Waals surface area contributed by atoms with Gasteiger partial charge in [0.1, 0.15) is 5.60 Å². The summed E-state index contributed by atoms with van der Waals surface area (Å²) in [5, 5.41) is 0. The molecule has 0 spiro atoms. The molecule has 0 aliphatic heterocycles. The van der Waals surface area contributed by atoms with Crippen molar-refractivity contribution in [3.05, 3.63) is 23.8 Å². The Bertz CT molecular complexity index is 324. The van der Waals surface area contributed by atoms with Crippen LogP contribution in [0.25, 0.3) is 0 Å². The Morgan fingerprint density at radius 2 is 1.80 bits per heavy atom. The van der Waals surface area contributed by atoms with Crippen molar-refractivity contribution in [3.63, 3.8) is 0 Å². The smallest absolute Gasteiger partial charge is 0.161 e. The highest BCUT2D eigenvalue weighted by Gasteiger charge is 2.15. The van der Waals surface area contributed by atoms with Crippen molar-refractivity contribution in [1.29, 1.82) is 0 Å². The van der Waals surface area contributed by atoms with Crippen LogP contribution in [0.3, 0.4) is 0 Å². The molecule has 0 saturated heterocycles.